The largest absolute Gasteiger partial charge is 0.488 e. The van der Waals surface area contributed by atoms with Crippen LogP contribution < -0.4 is 10.2 Å². The van der Waals surface area contributed by atoms with Gasteiger partial charge in [0.15, 0.2) is 5.43 Å². The van der Waals surface area contributed by atoms with Crippen LogP contribution in [-0.2, 0) is 6.61 Å². The number of aromatic nitrogens is 1. The maximum Gasteiger partial charge on any atom is 0.199 e. The molecule has 1 aliphatic rings. The van der Waals surface area contributed by atoms with Crippen molar-refractivity contribution in [3.8, 4) is 17.0 Å². The first-order valence-electron chi connectivity index (χ1n) is 6.51. The Morgan fingerprint density at radius 3 is 2.82 bits per heavy atom. The Labute approximate surface area is 131 Å². The molecule has 3 nitrogen and oxygen atoms in total. The van der Waals surface area contributed by atoms with Crippen LogP contribution in [0.3, 0.4) is 0 Å². The summed E-state index contributed by atoms with van der Waals surface area (Å²) in [4.78, 5) is 15.5. The van der Waals surface area contributed by atoms with E-state index < -0.39 is 17.1 Å². The summed E-state index contributed by atoms with van der Waals surface area (Å²) in [6.07, 6.45) is 0. The van der Waals surface area contributed by atoms with Crippen molar-refractivity contribution < 1.29 is 13.5 Å². The molecule has 0 radical (unpaired) electrons. The monoisotopic (exact) mass is 363 g/mol. The fourth-order valence-corrected chi connectivity index (χ4v) is 3.08. The minimum Gasteiger partial charge on any atom is -0.488 e. The smallest absolute Gasteiger partial charge is 0.199 e. The van der Waals surface area contributed by atoms with Crippen molar-refractivity contribution in [2.75, 3.05) is 0 Å². The molecule has 2 heterocycles. The Balaban J connectivity index is 2.14. The Kier molecular flexibility index (Phi) is 2.84. The summed E-state index contributed by atoms with van der Waals surface area (Å²) in [6, 6.07) is 7.22. The van der Waals surface area contributed by atoms with E-state index in [9.17, 15) is 13.6 Å². The summed E-state index contributed by atoms with van der Waals surface area (Å²) in [5.41, 5.74) is 1.20. The highest BCUT2D eigenvalue weighted by Gasteiger charge is 2.23. The number of halogens is 3. The van der Waals surface area contributed by atoms with Gasteiger partial charge in [-0.3, -0.25) is 4.79 Å². The average Bonchev–Trinajstić information content (AvgIpc) is 2.46. The second kappa shape index (κ2) is 4.64. The summed E-state index contributed by atoms with van der Waals surface area (Å²) in [5, 5.41) is -0.151. The molecule has 0 aliphatic carbocycles. The molecule has 3 aromatic rings. The maximum atomic E-state index is 13.9. The van der Waals surface area contributed by atoms with E-state index in [0.717, 1.165) is 10.5 Å². The lowest BCUT2D eigenvalue weighted by atomic mass is 10.00. The van der Waals surface area contributed by atoms with Gasteiger partial charge in [-0.2, -0.15) is 0 Å². The number of hydrogen-bond donors (Lipinski definition) is 1. The summed E-state index contributed by atoms with van der Waals surface area (Å²) < 4.78 is 33.7. The third-order valence-corrected chi connectivity index (χ3v) is 4.19. The molecule has 0 saturated carbocycles. The summed E-state index contributed by atoms with van der Waals surface area (Å²) in [7, 11) is 0. The Bertz CT molecular complexity index is 998. The van der Waals surface area contributed by atoms with Gasteiger partial charge in [0.1, 0.15) is 24.0 Å². The van der Waals surface area contributed by atoms with Gasteiger partial charge in [0, 0.05) is 16.1 Å². The van der Waals surface area contributed by atoms with Crippen LogP contribution in [-0.4, -0.2) is 4.98 Å². The van der Waals surface area contributed by atoms with E-state index in [1.165, 1.54) is 0 Å². The van der Waals surface area contributed by atoms with Crippen LogP contribution in [0.4, 0.5) is 8.78 Å². The lowest BCUT2D eigenvalue weighted by Gasteiger charge is -2.21. The quantitative estimate of drug-likeness (QED) is 0.652. The molecule has 1 aliphatic heterocycles. The van der Waals surface area contributed by atoms with Gasteiger partial charge in [-0.25, -0.2) is 8.78 Å². The minimum atomic E-state index is -0.876. The fourth-order valence-electron chi connectivity index (χ4n) is 2.72. The fraction of sp³-hybridized carbons (Fsp3) is 0.0625. The highest BCUT2D eigenvalue weighted by atomic mass is 79.9. The van der Waals surface area contributed by atoms with Crippen molar-refractivity contribution in [3.05, 3.63) is 62.2 Å². The lowest BCUT2D eigenvalue weighted by molar-refractivity contribution is 0.300. The van der Waals surface area contributed by atoms with Crippen LogP contribution in [0, 0.1) is 11.6 Å². The molecule has 1 N–H and O–H groups in total. The zero-order chi connectivity index (χ0) is 15.4. The first-order chi connectivity index (χ1) is 10.5. The average molecular weight is 364 g/mol. The number of benzene rings is 2. The number of rotatable bonds is 0. The van der Waals surface area contributed by atoms with Crippen LogP contribution >= 0.6 is 15.9 Å². The van der Waals surface area contributed by atoms with E-state index in [1.807, 2.05) is 6.07 Å². The minimum absolute atomic E-state index is 0.0477. The molecule has 0 bridgehead atoms. The van der Waals surface area contributed by atoms with Crippen LogP contribution in [0.5, 0.6) is 5.75 Å². The van der Waals surface area contributed by atoms with E-state index in [1.54, 1.807) is 12.1 Å². The predicted molar refractivity (Wildman–Crippen MR) is 82.0 cm³/mol. The van der Waals surface area contributed by atoms with Crippen molar-refractivity contribution in [2.45, 2.75) is 6.61 Å². The van der Waals surface area contributed by atoms with Gasteiger partial charge in [-0.05, 0) is 24.3 Å². The molecule has 0 spiro atoms. The Morgan fingerprint density at radius 1 is 1.18 bits per heavy atom. The SMILES string of the molecule is O=c1c2c([nH]c3cc(F)cc(F)c13)-c1cc(Br)ccc1OC2. The Morgan fingerprint density at radius 2 is 2.00 bits per heavy atom. The molecular weight excluding hydrogens is 356 g/mol. The van der Waals surface area contributed by atoms with E-state index in [2.05, 4.69) is 20.9 Å². The third kappa shape index (κ3) is 1.87. The van der Waals surface area contributed by atoms with E-state index in [0.29, 0.717) is 28.6 Å². The van der Waals surface area contributed by atoms with E-state index >= 15 is 0 Å². The highest BCUT2D eigenvalue weighted by Crippen LogP contribution is 2.37. The van der Waals surface area contributed by atoms with Crippen molar-refractivity contribution in [3.63, 3.8) is 0 Å². The lowest BCUT2D eigenvalue weighted by Crippen LogP contribution is -2.19. The molecule has 4 rings (SSSR count). The molecule has 0 amide bonds. The third-order valence-electron chi connectivity index (χ3n) is 3.70. The number of pyridine rings is 1. The topological polar surface area (TPSA) is 42.1 Å². The normalized spacial score (nSPS) is 12.7. The van der Waals surface area contributed by atoms with Crippen molar-refractivity contribution in [2.24, 2.45) is 0 Å². The van der Waals surface area contributed by atoms with E-state index in [-0.39, 0.29) is 17.5 Å². The molecule has 2 aromatic carbocycles. The molecule has 0 atom stereocenters. The van der Waals surface area contributed by atoms with Crippen LogP contribution in [0.2, 0.25) is 0 Å². The number of H-pyrrole nitrogens is 1. The molecule has 22 heavy (non-hydrogen) atoms. The molecule has 0 unspecified atom stereocenters. The first-order valence-corrected chi connectivity index (χ1v) is 7.30. The van der Waals surface area contributed by atoms with E-state index in [4.69, 9.17) is 4.74 Å². The van der Waals surface area contributed by atoms with Gasteiger partial charge in [-0.15, -0.1) is 0 Å². The first kappa shape index (κ1) is 13.5. The second-order valence-corrected chi connectivity index (χ2v) is 5.96. The number of nitrogens with one attached hydrogen (secondary N) is 1. The summed E-state index contributed by atoms with van der Waals surface area (Å²) in [5.74, 6) is -0.996. The number of aromatic amines is 1. The molecule has 1 aromatic heterocycles. The number of fused-ring (bicyclic) bond motifs is 4. The molecule has 0 saturated heterocycles. The van der Waals surface area contributed by atoms with Crippen molar-refractivity contribution >= 4 is 26.8 Å². The Hall–Kier alpha value is -2.21. The highest BCUT2D eigenvalue weighted by molar-refractivity contribution is 9.10. The van der Waals surface area contributed by atoms with Crippen molar-refractivity contribution in [1.29, 1.82) is 0 Å². The van der Waals surface area contributed by atoms with Crippen LogP contribution in [0.25, 0.3) is 22.2 Å². The van der Waals surface area contributed by atoms with Crippen LogP contribution in [0.1, 0.15) is 5.56 Å². The maximum absolute atomic E-state index is 13.9. The standard InChI is InChI=1S/C16H8BrF2NO2/c17-7-1-2-13-9(3-7)15-10(6-22-13)16(21)14-11(19)4-8(18)5-12(14)20-15/h1-5H,6H2,(H,20,21). The zero-order valence-electron chi connectivity index (χ0n) is 11.0. The van der Waals surface area contributed by atoms with Gasteiger partial charge >= 0.3 is 0 Å². The second-order valence-electron chi connectivity index (χ2n) is 5.05. The van der Waals surface area contributed by atoms with Gasteiger partial charge in [0.25, 0.3) is 0 Å². The zero-order valence-corrected chi connectivity index (χ0v) is 12.6. The van der Waals surface area contributed by atoms with Crippen LogP contribution in [0.15, 0.2) is 39.6 Å². The van der Waals surface area contributed by atoms with Gasteiger partial charge in [0.2, 0.25) is 0 Å². The molecular formula is C16H8BrF2NO2. The number of hydrogen-bond acceptors (Lipinski definition) is 2. The number of ether oxygens (including phenoxy) is 1. The predicted octanol–water partition coefficient (Wildman–Crippen LogP) is 4.13. The van der Waals surface area contributed by atoms with Gasteiger partial charge in [0.05, 0.1) is 22.2 Å². The molecule has 0 fully saturated rings. The van der Waals surface area contributed by atoms with Gasteiger partial charge in [-0.1, -0.05) is 15.9 Å². The molecule has 6 heteroatoms. The summed E-state index contributed by atoms with van der Waals surface area (Å²) >= 11 is 3.37. The van der Waals surface area contributed by atoms with Gasteiger partial charge < -0.3 is 9.72 Å². The molecule has 110 valence electrons. The van der Waals surface area contributed by atoms with Crippen molar-refractivity contribution in [1.82, 2.24) is 4.98 Å². The summed E-state index contributed by atoms with van der Waals surface area (Å²) in [6.45, 7) is 0.0477.